The van der Waals surface area contributed by atoms with E-state index >= 15 is 0 Å². The molecule has 0 saturated carbocycles. The summed E-state index contributed by atoms with van der Waals surface area (Å²) in [7, 11) is 0. The Morgan fingerprint density at radius 1 is 0.875 bits per heavy atom. The number of nitrogens with zero attached hydrogens (tertiary/aromatic N) is 2. The highest BCUT2D eigenvalue weighted by Gasteiger charge is 2.29. The minimum Gasteiger partial charge on any atom is -0.294 e. The van der Waals surface area contributed by atoms with Gasteiger partial charge in [-0.3, -0.25) is 4.79 Å². The van der Waals surface area contributed by atoms with Crippen LogP contribution in [0.1, 0.15) is 39.6 Å². The first kappa shape index (κ1) is 14.8. The van der Waals surface area contributed by atoms with Gasteiger partial charge >= 0.3 is 0 Å². The number of aromatic nitrogens is 2. The molecule has 0 N–H and O–H groups in total. The summed E-state index contributed by atoms with van der Waals surface area (Å²) in [5, 5.41) is 0. The van der Waals surface area contributed by atoms with Crippen LogP contribution in [-0.2, 0) is 6.42 Å². The summed E-state index contributed by atoms with van der Waals surface area (Å²) >= 11 is 0. The number of hydrogen-bond donors (Lipinski definition) is 0. The van der Waals surface area contributed by atoms with E-state index in [4.69, 9.17) is 4.98 Å². The Morgan fingerprint density at radius 3 is 2.25 bits per heavy atom. The van der Waals surface area contributed by atoms with E-state index in [-0.39, 0.29) is 11.7 Å². The van der Waals surface area contributed by atoms with Gasteiger partial charge in [-0.2, -0.15) is 0 Å². The van der Waals surface area contributed by atoms with Crippen LogP contribution in [-0.4, -0.2) is 15.8 Å². The number of ketones is 1. The third-order valence-electron chi connectivity index (χ3n) is 4.62. The summed E-state index contributed by atoms with van der Waals surface area (Å²) in [6, 6.07) is 20.2. The standard InChI is InChI=1S/C21H18N2O/c1-14-20-18(23-21(22-14)16-10-6-3-7-11-16)12-17(13-19(20)24)15-8-4-2-5-9-15/h2-11,17H,12-13H2,1H3. The molecule has 3 aromatic rings. The van der Waals surface area contributed by atoms with Crippen molar-refractivity contribution in [2.45, 2.75) is 25.7 Å². The third-order valence-corrected chi connectivity index (χ3v) is 4.62. The number of carbonyl (C=O) groups excluding carboxylic acids is 1. The predicted octanol–water partition coefficient (Wildman–Crippen LogP) is 4.36. The summed E-state index contributed by atoms with van der Waals surface area (Å²) < 4.78 is 0. The minimum atomic E-state index is 0.155. The Hall–Kier alpha value is -2.81. The van der Waals surface area contributed by atoms with Gasteiger partial charge in [-0.05, 0) is 24.8 Å². The van der Waals surface area contributed by atoms with Crippen molar-refractivity contribution >= 4 is 5.78 Å². The van der Waals surface area contributed by atoms with Crippen LogP contribution in [0.25, 0.3) is 11.4 Å². The first-order valence-corrected chi connectivity index (χ1v) is 8.23. The zero-order chi connectivity index (χ0) is 16.5. The molecule has 0 bridgehead atoms. The van der Waals surface area contributed by atoms with Crippen LogP contribution in [0.2, 0.25) is 0 Å². The highest BCUT2D eigenvalue weighted by molar-refractivity contribution is 5.99. The molecule has 0 fully saturated rings. The fourth-order valence-corrected chi connectivity index (χ4v) is 3.45. The molecule has 0 spiro atoms. The Kier molecular flexibility index (Phi) is 3.69. The number of fused-ring (bicyclic) bond motifs is 1. The SMILES string of the molecule is Cc1nc(-c2ccccc2)nc2c1C(=O)CC(c1ccccc1)C2. The van der Waals surface area contributed by atoms with Gasteiger partial charge in [0.05, 0.1) is 17.0 Å². The van der Waals surface area contributed by atoms with Crippen LogP contribution in [0, 0.1) is 6.92 Å². The number of carbonyl (C=O) groups is 1. The van der Waals surface area contributed by atoms with E-state index in [2.05, 4.69) is 17.1 Å². The fourth-order valence-electron chi connectivity index (χ4n) is 3.45. The van der Waals surface area contributed by atoms with Crippen molar-refractivity contribution < 1.29 is 4.79 Å². The molecule has 24 heavy (non-hydrogen) atoms. The molecule has 1 unspecified atom stereocenters. The van der Waals surface area contributed by atoms with Gasteiger partial charge < -0.3 is 0 Å². The van der Waals surface area contributed by atoms with Crippen molar-refractivity contribution in [3.05, 3.63) is 83.2 Å². The molecule has 3 heteroatoms. The maximum absolute atomic E-state index is 12.7. The van der Waals surface area contributed by atoms with Gasteiger partial charge in [-0.15, -0.1) is 0 Å². The van der Waals surface area contributed by atoms with Crippen LogP contribution < -0.4 is 0 Å². The molecule has 1 atom stereocenters. The zero-order valence-corrected chi connectivity index (χ0v) is 13.6. The number of Topliss-reactive ketones (excluding diaryl/α,β-unsaturated/α-hetero) is 1. The van der Waals surface area contributed by atoms with E-state index < -0.39 is 0 Å². The summed E-state index contributed by atoms with van der Waals surface area (Å²) in [5.74, 6) is 1.06. The number of hydrogen-bond acceptors (Lipinski definition) is 3. The smallest absolute Gasteiger partial charge is 0.167 e. The lowest BCUT2D eigenvalue weighted by Crippen LogP contribution is -2.22. The summed E-state index contributed by atoms with van der Waals surface area (Å²) in [6.07, 6.45) is 1.32. The van der Waals surface area contributed by atoms with Gasteiger partial charge in [0.1, 0.15) is 0 Å². The molecular weight excluding hydrogens is 296 g/mol. The predicted molar refractivity (Wildman–Crippen MR) is 94.0 cm³/mol. The van der Waals surface area contributed by atoms with E-state index in [9.17, 15) is 4.79 Å². The second-order valence-electron chi connectivity index (χ2n) is 6.26. The first-order valence-electron chi connectivity index (χ1n) is 8.23. The highest BCUT2D eigenvalue weighted by Crippen LogP contribution is 2.33. The molecule has 118 valence electrons. The molecule has 2 aromatic carbocycles. The molecule has 1 aromatic heterocycles. The Bertz CT molecular complexity index is 888. The van der Waals surface area contributed by atoms with Crippen molar-refractivity contribution in [1.82, 2.24) is 9.97 Å². The van der Waals surface area contributed by atoms with Crippen LogP contribution in [0.4, 0.5) is 0 Å². The topological polar surface area (TPSA) is 42.9 Å². The minimum absolute atomic E-state index is 0.155. The van der Waals surface area contributed by atoms with Gasteiger partial charge in [0.15, 0.2) is 11.6 Å². The van der Waals surface area contributed by atoms with Crippen LogP contribution in [0.3, 0.4) is 0 Å². The number of aryl methyl sites for hydroxylation is 1. The quantitative estimate of drug-likeness (QED) is 0.705. The van der Waals surface area contributed by atoms with Crippen LogP contribution in [0.5, 0.6) is 0 Å². The van der Waals surface area contributed by atoms with Crippen molar-refractivity contribution in [2.75, 3.05) is 0 Å². The Morgan fingerprint density at radius 2 is 1.54 bits per heavy atom. The van der Waals surface area contributed by atoms with Gasteiger partial charge in [0.25, 0.3) is 0 Å². The highest BCUT2D eigenvalue weighted by atomic mass is 16.1. The maximum Gasteiger partial charge on any atom is 0.167 e. The molecule has 4 rings (SSSR count). The lowest BCUT2D eigenvalue weighted by Gasteiger charge is -2.24. The van der Waals surface area contributed by atoms with E-state index in [0.717, 1.165) is 28.9 Å². The average Bonchev–Trinajstić information content (AvgIpc) is 2.62. The lowest BCUT2D eigenvalue weighted by atomic mass is 9.81. The molecule has 0 radical (unpaired) electrons. The molecular formula is C21H18N2O. The maximum atomic E-state index is 12.7. The van der Waals surface area contributed by atoms with Crippen LogP contribution in [0.15, 0.2) is 60.7 Å². The van der Waals surface area contributed by atoms with Gasteiger partial charge in [0.2, 0.25) is 0 Å². The van der Waals surface area contributed by atoms with Crippen molar-refractivity contribution in [2.24, 2.45) is 0 Å². The third kappa shape index (κ3) is 2.62. The van der Waals surface area contributed by atoms with Crippen molar-refractivity contribution in [3.8, 4) is 11.4 Å². The summed E-state index contributed by atoms with van der Waals surface area (Å²) in [4.78, 5) is 22.0. The van der Waals surface area contributed by atoms with Crippen LogP contribution >= 0.6 is 0 Å². The fraction of sp³-hybridized carbons (Fsp3) is 0.190. The lowest BCUT2D eigenvalue weighted by molar-refractivity contribution is 0.0962. The molecule has 3 nitrogen and oxygen atoms in total. The number of benzene rings is 2. The van der Waals surface area contributed by atoms with E-state index in [1.807, 2.05) is 55.5 Å². The molecule has 0 saturated heterocycles. The summed E-state index contributed by atoms with van der Waals surface area (Å²) in [5.41, 5.74) is 4.58. The second-order valence-corrected chi connectivity index (χ2v) is 6.26. The van der Waals surface area contributed by atoms with Gasteiger partial charge in [-0.25, -0.2) is 9.97 Å². The molecule has 1 aliphatic rings. The summed E-state index contributed by atoms with van der Waals surface area (Å²) in [6.45, 7) is 1.91. The zero-order valence-electron chi connectivity index (χ0n) is 13.6. The van der Waals surface area contributed by atoms with Crippen molar-refractivity contribution in [3.63, 3.8) is 0 Å². The van der Waals surface area contributed by atoms with E-state index in [0.29, 0.717) is 12.2 Å². The molecule has 0 amide bonds. The normalized spacial score (nSPS) is 16.7. The average molecular weight is 314 g/mol. The van der Waals surface area contributed by atoms with E-state index in [1.165, 1.54) is 5.56 Å². The van der Waals surface area contributed by atoms with E-state index in [1.54, 1.807) is 0 Å². The first-order chi connectivity index (χ1) is 11.7. The van der Waals surface area contributed by atoms with Crippen molar-refractivity contribution in [1.29, 1.82) is 0 Å². The molecule has 0 aliphatic heterocycles. The Labute approximate surface area is 141 Å². The molecule has 1 aliphatic carbocycles. The Balaban J connectivity index is 1.78. The second kappa shape index (κ2) is 6.00. The largest absolute Gasteiger partial charge is 0.294 e. The van der Waals surface area contributed by atoms with Gasteiger partial charge in [-0.1, -0.05) is 60.7 Å². The monoisotopic (exact) mass is 314 g/mol. The number of rotatable bonds is 2. The molecule has 1 heterocycles. The van der Waals surface area contributed by atoms with Gasteiger partial charge in [0, 0.05) is 12.0 Å².